The maximum atomic E-state index is 10.8. The van der Waals surface area contributed by atoms with Crippen LogP contribution in [0.2, 0.25) is 0 Å². The molecule has 1 aromatic heterocycles. The first kappa shape index (κ1) is 11.3. The predicted octanol–water partition coefficient (Wildman–Crippen LogP) is 1.06. The average Bonchev–Trinajstić information content (AvgIpc) is 2.46. The van der Waals surface area contributed by atoms with E-state index in [-0.39, 0.29) is 12.2 Å². The molecule has 80 valence electrons. The number of aliphatic hydroxyl groups is 1. The Morgan fingerprint density at radius 1 is 1.57 bits per heavy atom. The molecule has 4 nitrogen and oxygen atoms in total. The van der Waals surface area contributed by atoms with Crippen molar-refractivity contribution < 1.29 is 17.9 Å². The van der Waals surface area contributed by atoms with Crippen LogP contribution < -0.4 is 0 Å². The first-order chi connectivity index (χ1) is 6.40. The van der Waals surface area contributed by atoms with Crippen LogP contribution in [-0.4, -0.2) is 25.5 Å². The van der Waals surface area contributed by atoms with Crippen LogP contribution >= 0.6 is 0 Å². The van der Waals surface area contributed by atoms with Gasteiger partial charge in [-0.2, -0.15) is 0 Å². The van der Waals surface area contributed by atoms with Crippen molar-refractivity contribution in [2.45, 2.75) is 19.4 Å². The van der Waals surface area contributed by atoms with E-state index in [9.17, 15) is 13.5 Å². The highest BCUT2D eigenvalue weighted by atomic mass is 32.2. The van der Waals surface area contributed by atoms with Crippen LogP contribution in [0.1, 0.15) is 23.8 Å². The number of aryl methyl sites for hydroxylation is 1. The van der Waals surface area contributed by atoms with E-state index < -0.39 is 15.9 Å². The second-order valence-electron chi connectivity index (χ2n) is 3.40. The van der Waals surface area contributed by atoms with Crippen molar-refractivity contribution in [3.63, 3.8) is 0 Å². The van der Waals surface area contributed by atoms with Crippen molar-refractivity contribution >= 4 is 9.84 Å². The smallest absolute Gasteiger partial charge is 0.147 e. The second-order valence-corrected chi connectivity index (χ2v) is 5.66. The molecular formula is C9H14O4S. The Bertz CT molecular complexity index is 391. The zero-order valence-electron chi connectivity index (χ0n) is 8.23. The van der Waals surface area contributed by atoms with Gasteiger partial charge in [0, 0.05) is 6.26 Å². The fourth-order valence-electron chi connectivity index (χ4n) is 1.18. The van der Waals surface area contributed by atoms with E-state index in [1.54, 1.807) is 6.07 Å². The van der Waals surface area contributed by atoms with E-state index in [4.69, 9.17) is 4.42 Å². The monoisotopic (exact) mass is 218 g/mol. The zero-order chi connectivity index (χ0) is 10.8. The summed E-state index contributed by atoms with van der Waals surface area (Å²) < 4.78 is 26.7. The Morgan fingerprint density at radius 3 is 2.64 bits per heavy atom. The molecule has 0 aromatic carbocycles. The van der Waals surface area contributed by atoms with E-state index in [0.717, 1.165) is 11.8 Å². The van der Waals surface area contributed by atoms with Gasteiger partial charge in [-0.1, -0.05) is 0 Å². The molecular weight excluding hydrogens is 204 g/mol. The molecule has 1 aromatic rings. The molecule has 0 spiro atoms. The topological polar surface area (TPSA) is 67.5 Å². The zero-order valence-corrected chi connectivity index (χ0v) is 9.04. The first-order valence-electron chi connectivity index (χ1n) is 4.30. The van der Waals surface area contributed by atoms with E-state index in [1.807, 2.05) is 6.92 Å². The molecule has 0 fully saturated rings. The lowest BCUT2D eigenvalue weighted by Gasteiger charge is -2.07. The summed E-state index contributed by atoms with van der Waals surface area (Å²) in [6.07, 6.45) is 1.97. The number of hydrogen-bond donors (Lipinski definition) is 1. The SMILES string of the molecule is Cc1ccoc1C(O)CCS(C)(=O)=O. The minimum atomic E-state index is -3.02. The van der Waals surface area contributed by atoms with Gasteiger partial charge in [0.15, 0.2) is 0 Å². The highest BCUT2D eigenvalue weighted by molar-refractivity contribution is 7.90. The number of sulfone groups is 1. The van der Waals surface area contributed by atoms with Gasteiger partial charge in [-0.15, -0.1) is 0 Å². The third-order valence-corrected chi connectivity index (χ3v) is 2.94. The molecule has 1 heterocycles. The van der Waals surface area contributed by atoms with Crippen molar-refractivity contribution in [3.05, 3.63) is 23.7 Å². The van der Waals surface area contributed by atoms with Gasteiger partial charge in [0.1, 0.15) is 21.7 Å². The van der Waals surface area contributed by atoms with E-state index in [0.29, 0.717) is 5.76 Å². The summed E-state index contributed by atoms with van der Waals surface area (Å²) in [5.74, 6) is 0.419. The molecule has 0 amide bonds. The van der Waals surface area contributed by atoms with Crippen molar-refractivity contribution in [2.75, 3.05) is 12.0 Å². The summed E-state index contributed by atoms with van der Waals surface area (Å²) in [6.45, 7) is 1.81. The van der Waals surface area contributed by atoms with Gasteiger partial charge in [-0.3, -0.25) is 0 Å². The minimum absolute atomic E-state index is 0.0334. The summed E-state index contributed by atoms with van der Waals surface area (Å²) in [5.41, 5.74) is 0.839. The molecule has 1 N–H and O–H groups in total. The van der Waals surface area contributed by atoms with Gasteiger partial charge < -0.3 is 9.52 Å². The Morgan fingerprint density at radius 2 is 2.21 bits per heavy atom. The van der Waals surface area contributed by atoms with E-state index in [1.165, 1.54) is 6.26 Å². The van der Waals surface area contributed by atoms with E-state index >= 15 is 0 Å². The van der Waals surface area contributed by atoms with Crippen LogP contribution in [0, 0.1) is 6.92 Å². The lowest BCUT2D eigenvalue weighted by molar-refractivity contribution is 0.145. The predicted molar refractivity (Wildman–Crippen MR) is 52.7 cm³/mol. The number of hydrogen-bond acceptors (Lipinski definition) is 4. The maximum Gasteiger partial charge on any atom is 0.147 e. The van der Waals surface area contributed by atoms with Crippen LogP contribution in [0.5, 0.6) is 0 Å². The summed E-state index contributed by atoms with van der Waals surface area (Å²) in [7, 11) is -3.02. The molecule has 0 bridgehead atoms. The van der Waals surface area contributed by atoms with Crippen molar-refractivity contribution in [1.82, 2.24) is 0 Å². The van der Waals surface area contributed by atoms with Crippen molar-refractivity contribution in [1.29, 1.82) is 0 Å². The molecule has 1 atom stereocenters. The quantitative estimate of drug-likeness (QED) is 0.820. The van der Waals surface area contributed by atoms with Gasteiger partial charge in [-0.25, -0.2) is 8.42 Å². The molecule has 0 saturated carbocycles. The van der Waals surface area contributed by atoms with Gasteiger partial charge in [0.2, 0.25) is 0 Å². The molecule has 1 rings (SSSR count). The third-order valence-electron chi connectivity index (χ3n) is 1.97. The highest BCUT2D eigenvalue weighted by Gasteiger charge is 2.15. The highest BCUT2D eigenvalue weighted by Crippen LogP contribution is 2.21. The van der Waals surface area contributed by atoms with Gasteiger partial charge in [-0.05, 0) is 25.0 Å². The average molecular weight is 218 g/mol. The van der Waals surface area contributed by atoms with E-state index in [2.05, 4.69) is 0 Å². The Balaban J connectivity index is 2.60. The number of aliphatic hydroxyl groups excluding tert-OH is 1. The van der Waals surface area contributed by atoms with Crippen molar-refractivity contribution in [2.24, 2.45) is 0 Å². The maximum absolute atomic E-state index is 10.8. The summed E-state index contributed by atoms with van der Waals surface area (Å²) in [5, 5.41) is 9.60. The van der Waals surface area contributed by atoms with Crippen molar-refractivity contribution in [3.8, 4) is 0 Å². The van der Waals surface area contributed by atoms with Gasteiger partial charge in [0.05, 0.1) is 12.0 Å². The third kappa shape index (κ3) is 3.16. The lowest BCUT2D eigenvalue weighted by atomic mass is 10.1. The normalized spacial score (nSPS) is 14.2. The molecule has 14 heavy (non-hydrogen) atoms. The number of furan rings is 1. The largest absolute Gasteiger partial charge is 0.466 e. The molecule has 1 unspecified atom stereocenters. The van der Waals surface area contributed by atoms with Crippen LogP contribution in [-0.2, 0) is 9.84 Å². The second kappa shape index (κ2) is 4.14. The molecule has 0 aliphatic rings. The summed E-state index contributed by atoms with van der Waals surface area (Å²) in [4.78, 5) is 0. The van der Waals surface area contributed by atoms with Gasteiger partial charge >= 0.3 is 0 Å². The molecule has 5 heteroatoms. The Labute approximate surface area is 83.5 Å². The van der Waals surface area contributed by atoms with Crippen LogP contribution in [0.25, 0.3) is 0 Å². The fourth-order valence-corrected chi connectivity index (χ4v) is 1.83. The molecule has 0 aliphatic carbocycles. The molecule has 0 radical (unpaired) electrons. The van der Waals surface area contributed by atoms with Crippen LogP contribution in [0.4, 0.5) is 0 Å². The van der Waals surface area contributed by atoms with Gasteiger partial charge in [0.25, 0.3) is 0 Å². The Hall–Kier alpha value is -0.810. The lowest BCUT2D eigenvalue weighted by Crippen LogP contribution is -2.08. The molecule has 0 saturated heterocycles. The minimum Gasteiger partial charge on any atom is -0.466 e. The molecule has 0 aliphatic heterocycles. The van der Waals surface area contributed by atoms with Crippen LogP contribution in [0.3, 0.4) is 0 Å². The Kier molecular flexibility index (Phi) is 3.34. The first-order valence-corrected chi connectivity index (χ1v) is 6.36. The summed E-state index contributed by atoms with van der Waals surface area (Å²) in [6, 6.07) is 1.74. The van der Waals surface area contributed by atoms with Crippen LogP contribution in [0.15, 0.2) is 16.7 Å². The standard InChI is InChI=1S/C9H14O4S/c1-7-3-5-13-9(7)8(10)4-6-14(2,11)12/h3,5,8,10H,4,6H2,1-2H3. The number of rotatable bonds is 4. The fraction of sp³-hybridized carbons (Fsp3) is 0.556. The summed E-state index contributed by atoms with van der Waals surface area (Å²) >= 11 is 0.